The predicted molar refractivity (Wildman–Crippen MR) is 470 cm³/mol. The molecule has 16 aromatic carbocycles. The molecule has 4 heterocycles. The molecule has 4 aromatic heterocycles. The van der Waals surface area contributed by atoms with Crippen LogP contribution in [-0.2, 0) is 24.7 Å². The number of fused-ring (bicyclic) bond motifs is 12. The van der Waals surface area contributed by atoms with E-state index in [1.54, 1.807) is 42.5 Å². The van der Waals surface area contributed by atoms with Crippen molar-refractivity contribution in [1.29, 1.82) is 10.5 Å². The third-order valence-electron chi connectivity index (χ3n) is 24.1. The molecular formula is C106H64F12N6. The van der Waals surface area contributed by atoms with Gasteiger partial charge in [0.25, 0.3) is 0 Å². The van der Waals surface area contributed by atoms with Gasteiger partial charge in [0.1, 0.15) is 0 Å². The molecule has 20 aromatic rings. The van der Waals surface area contributed by atoms with Crippen LogP contribution in [0.25, 0.3) is 188 Å². The second-order valence-corrected chi connectivity index (χ2v) is 31.7. The fourth-order valence-corrected chi connectivity index (χ4v) is 18.2. The van der Waals surface area contributed by atoms with Gasteiger partial charge in [0.05, 0.1) is 112 Å². The van der Waals surface area contributed by atoms with E-state index in [9.17, 15) is 36.9 Å². The van der Waals surface area contributed by atoms with Gasteiger partial charge in [0, 0.05) is 54.2 Å². The van der Waals surface area contributed by atoms with Crippen molar-refractivity contribution in [3.63, 3.8) is 0 Å². The standard InChI is InChI=1S/C106H64F12N6/c1-59-17-24-65(25-18-59)68-33-42-92-84(50-68)78-13-7-10-16-91(78)121(92)97-45-63(57-119)46-98(101(97)81-40-36-74(103(107,108)109)55-87(81)105(113,114)115)122-93-43-34-69(66-26-19-60(2)20-27-66)51-85(93)86-52-73(35-44-94(86)122)83-49-70(30-23-62(83)4)72-32-39-80-77-12-6-9-15-90(77)124(96(80)54-72)100-48-64(58-120)47-99(102(100)82-41-37-75(104(110,111)112)56-88(82)106(116,117)118)123-89-14-8-5-11-76(89)79-38-31-71(53-95(79)123)67-28-21-61(3)22-29-67/h5-56H,1-4H3. The molecule has 602 valence electrons. The number of rotatable bonds is 11. The van der Waals surface area contributed by atoms with Crippen molar-refractivity contribution in [3.05, 3.63) is 371 Å². The van der Waals surface area contributed by atoms with Crippen LogP contribution in [-0.4, -0.2) is 18.3 Å². The van der Waals surface area contributed by atoms with Gasteiger partial charge in [0.2, 0.25) is 0 Å². The van der Waals surface area contributed by atoms with Crippen LogP contribution < -0.4 is 0 Å². The summed E-state index contributed by atoms with van der Waals surface area (Å²) in [6, 6.07) is 94.0. The van der Waals surface area contributed by atoms with Gasteiger partial charge in [-0.2, -0.15) is 63.2 Å². The van der Waals surface area contributed by atoms with Gasteiger partial charge >= 0.3 is 24.7 Å². The molecule has 18 heteroatoms. The Morgan fingerprint density at radius 3 is 0.879 bits per heavy atom. The predicted octanol–water partition coefficient (Wildman–Crippen LogP) is 30.8. The second-order valence-electron chi connectivity index (χ2n) is 31.7. The number of hydrogen-bond acceptors (Lipinski definition) is 2. The van der Waals surface area contributed by atoms with Crippen molar-refractivity contribution in [2.24, 2.45) is 0 Å². The minimum Gasteiger partial charge on any atom is -0.308 e. The van der Waals surface area contributed by atoms with Crippen LogP contribution in [0.2, 0.25) is 0 Å². The van der Waals surface area contributed by atoms with E-state index in [2.05, 4.69) is 12.1 Å². The summed E-state index contributed by atoms with van der Waals surface area (Å²) in [5.74, 6) is 0. The Morgan fingerprint density at radius 2 is 0.508 bits per heavy atom. The molecule has 0 saturated carbocycles. The molecule has 0 unspecified atom stereocenters. The van der Waals surface area contributed by atoms with E-state index in [0.717, 1.165) is 67.8 Å². The van der Waals surface area contributed by atoms with Crippen molar-refractivity contribution < 1.29 is 52.7 Å². The molecule has 6 nitrogen and oxygen atoms in total. The quantitative estimate of drug-likeness (QED) is 0.121. The average molecular weight is 1650 g/mol. The Morgan fingerprint density at radius 1 is 0.226 bits per heavy atom. The van der Waals surface area contributed by atoms with E-state index < -0.39 is 58.1 Å². The first kappa shape index (κ1) is 77.5. The Balaban J connectivity index is 0.816. The molecule has 0 radical (unpaired) electrons. The highest BCUT2D eigenvalue weighted by atomic mass is 19.4. The smallest absolute Gasteiger partial charge is 0.308 e. The summed E-state index contributed by atoms with van der Waals surface area (Å²) in [5, 5.41) is 28.0. The summed E-state index contributed by atoms with van der Waals surface area (Å²) in [6.45, 7) is 7.83. The lowest BCUT2D eigenvalue weighted by Gasteiger charge is -2.24. The lowest BCUT2D eigenvalue weighted by atomic mass is 9.92. The second kappa shape index (κ2) is 28.8. The summed E-state index contributed by atoms with van der Waals surface area (Å²) in [4.78, 5) is 0. The van der Waals surface area contributed by atoms with Crippen molar-refractivity contribution in [2.75, 3.05) is 0 Å². The van der Waals surface area contributed by atoms with E-state index in [0.29, 0.717) is 122 Å². The number of halogens is 12. The van der Waals surface area contributed by atoms with Gasteiger partial charge in [-0.15, -0.1) is 0 Å². The highest BCUT2D eigenvalue weighted by Crippen LogP contribution is 2.53. The first-order valence-corrected chi connectivity index (χ1v) is 39.8. The normalized spacial score (nSPS) is 12.3. The molecule has 0 aliphatic rings. The Labute approximate surface area is 701 Å². The zero-order valence-corrected chi connectivity index (χ0v) is 66.2. The third kappa shape index (κ3) is 13.0. The first-order valence-electron chi connectivity index (χ1n) is 39.8. The van der Waals surface area contributed by atoms with E-state index in [-0.39, 0.29) is 57.1 Å². The molecular weight excluding hydrogens is 1590 g/mol. The number of nitriles is 2. The molecule has 0 spiro atoms. The summed E-state index contributed by atoms with van der Waals surface area (Å²) >= 11 is 0. The summed E-state index contributed by atoms with van der Waals surface area (Å²) in [6.07, 6.45) is -21.1. The van der Waals surface area contributed by atoms with E-state index in [4.69, 9.17) is 0 Å². The maximum atomic E-state index is 16.3. The number of aromatic nitrogens is 4. The van der Waals surface area contributed by atoms with E-state index in [1.807, 2.05) is 258 Å². The van der Waals surface area contributed by atoms with Gasteiger partial charge < -0.3 is 18.3 Å². The maximum Gasteiger partial charge on any atom is 0.417 e. The summed E-state index contributed by atoms with van der Waals surface area (Å²) in [5.41, 5.74) is 8.17. The number of alkyl halides is 12. The molecule has 0 aliphatic heterocycles. The van der Waals surface area contributed by atoms with E-state index in [1.165, 1.54) is 24.3 Å². The fourth-order valence-electron chi connectivity index (χ4n) is 18.2. The largest absolute Gasteiger partial charge is 0.417 e. The zero-order chi connectivity index (χ0) is 85.9. The molecule has 124 heavy (non-hydrogen) atoms. The molecule has 0 amide bonds. The van der Waals surface area contributed by atoms with Crippen molar-refractivity contribution >= 4 is 87.2 Å². The number of nitrogens with zero attached hydrogens (tertiary/aromatic N) is 6. The molecule has 20 rings (SSSR count). The Kier molecular flexibility index (Phi) is 18.0. The zero-order valence-electron chi connectivity index (χ0n) is 66.2. The number of hydrogen-bond donors (Lipinski definition) is 0. The van der Waals surface area contributed by atoms with Gasteiger partial charge in [-0.3, -0.25) is 0 Å². The highest BCUT2D eigenvalue weighted by molar-refractivity contribution is 6.16. The van der Waals surface area contributed by atoms with Gasteiger partial charge in [-0.25, -0.2) is 0 Å². The number of benzene rings is 16. The van der Waals surface area contributed by atoms with Crippen molar-refractivity contribution in [1.82, 2.24) is 18.3 Å². The number of para-hydroxylation sites is 3. The molecule has 0 aliphatic carbocycles. The molecule has 0 atom stereocenters. The van der Waals surface area contributed by atoms with Crippen LogP contribution in [0.4, 0.5) is 52.7 Å². The molecule has 0 bridgehead atoms. The highest BCUT2D eigenvalue weighted by Gasteiger charge is 2.43. The summed E-state index contributed by atoms with van der Waals surface area (Å²) in [7, 11) is 0. The minimum absolute atomic E-state index is 0.0215. The van der Waals surface area contributed by atoms with Gasteiger partial charge in [0.15, 0.2) is 0 Å². The topological polar surface area (TPSA) is 67.3 Å². The number of aryl methyl sites for hydroxylation is 4. The SMILES string of the molecule is Cc1ccc(-c2ccc3c(c2)c2ccccc2n3-c2cc(C#N)cc(-n3c4ccc(-c5ccc(C)cc5)cc4c4cc(-c5cc(-c6ccc7c8ccccc8n(-c8cc(C#N)cc(-n9c%10ccccc%10c%10ccc(-c%11ccc(C)cc%11)cc%109)c8-c8ccc(C(F)(F)F)cc8C(F)(F)F)c7c6)ccc5C)ccc43)c2-c2ccc(C(F)(F)F)cc2C(F)(F)F)cc1. The fraction of sp³-hybridized carbons (Fsp3) is 0.0755. The lowest BCUT2D eigenvalue weighted by molar-refractivity contribution is -0.144. The van der Waals surface area contributed by atoms with Crippen LogP contribution in [0, 0.1) is 50.4 Å². The average Bonchev–Trinajstić information content (AvgIpc) is 1.68. The lowest BCUT2D eigenvalue weighted by Crippen LogP contribution is -2.14. The minimum atomic E-state index is -5.37. The molecule has 0 saturated heterocycles. The summed E-state index contributed by atoms with van der Waals surface area (Å²) < 4.78 is 194. The van der Waals surface area contributed by atoms with Crippen LogP contribution in [0.5, 0.6) is 0 Å². The van der Waals surface area contributed by atoms with Gasteiger partial charge in [-0.1, -0.05) is 211 Å². The van der Waals surface area contributed by atoms with Crippen LogP contribution in [0.3, 0.4) is 0 Å². The van der Waals surface area contributed by atoms with Crippen LogP contribution >= 0.6 is 0 Å². The van der Waals surface area contributed by atoms with Crippen molar-refractivity contribution in [2.45, 2.75) is 52.4 Å². The molecule has 0 N–H and O–H groups in total. The maximum absolute atomic E-state index is 16.3. The first-order chi connectivity index (χ1) is 59.5. The molecule has 0 fully saturated rings. The van der Waals surface area contributed by atoms with Crippen LogP contribution in [0.15, 0.2) is 315 Å². The Bertz CT molecular complexity index is 7970. The van der Waals surface area contributed by atoms with Crippen molar-refractivity contribution in [3.8, 4) is 113 Å². The van der Waals surface area contributed by atoms with E-state index >= 15 is 26.3 Å². The van der Waals surface area contributed by atoms with Gasteiger partial charge in [-0.05, 0) is 221 Å². The third-order valence-corrected chi connectivity index (χ3v) is 24.1. The monoisotopic (exact) mass is 1650 g/mol. The van der Waals surface area contributed by atoms with Crippen LogP contribution in [0.1, 0.15) is 55.6 Å². The Hall–Kier alpha value is -15.1.